The molecule has 0 aliphatic carbocycles. The van der Waals surface area contributed by atoms with Crippen LogP contribution in [-0.4, -0.2) is 17.0 Å². The fourth-order valence-corrected chi connectivity index (χ4v) is 2.39. The van der Waals surface area contributed by atoms with Gasteiger partial charge in [-0.15, -0.1) is 11.3 Å². The third-order valence-corrected chi connectivity index (χ3v) is 3.65. The molecule has 1 aromatic carbocycles. The topological polar surface area (TPSA) is 87.7 Å². The molecule has 0 radical (unpaired) electrons. The van der Waals surface area contributed by atoms with E-state index in [0.29, 0.717) is 9.21 Å². The molecule has 0 fully saturated rings. The number of nitrogens with one attached hydrogen (secondary N) is 1. The molecule has 0 aliphatic heterocycles. The van der Waals surface area contributed by atoms with Crippen molar-refractivity contribution in [1.82, 2.24) is 0 Å². The summed E-state index contributed by atoms with van der Waals surface area (Å²) in [5, 5.41) is 13.7. The van der Waals surface area contributed by atoms with E-state index in [9.17, 15) is 9.18 Å². The predicted octanol–water partition coefficient (Wildman–Crippen LogP) is 2.89. The first-order valence-corrected chi connectivity index (χ1v) is 6.55. The molecule has 1 aromatic heterocycles. The number of hydrogen-bond acceptors (Lipinski definition) is 4. The molecule has 1 heterocycles. The number of anilines is 1. The highest BCUT2D eigenvalue weighted by atomic mass is 35.5. The second-order valence-corrected chi connectivity index (χ2v) is 5.45. The lowest BCUT2D eigenvalue weighted by Crippen LogP contribution is -2.15. The Bertz CT molecular complexity index is 687. The van der Waals surface area contributed by atoms with Crippen molar-refractivity contribution in [3.63, 3.8) is 0 Å². The molecule has 4 N–H and O–H groups in total. The van der Waals surface area contributed by atoms with Crippen molar-refractivity contribution in [2.24, 2.45) is 10.9 Å². The first-order chi connectivity index (χ1) is 9.51. The minimum absolute atomic E-state index is 0.00554. The summed E-state index contributed by atoms with van der Waals surface area (Å²) < 4.78 is 14.3. The van der Waals surface area contributed by atoms with E-state index in [1.54, 1.807) is 12.1 Å². The van der Waals surface area contributed by atoms with Gasteiger partial charge in [0, 0.05) is 5.56 Å². The van der Waals surface area contributed by atoms with Gasteiger partial charge in [0.1, 0.15) is 5.82 Å². The molecule has 0 spiro atoms. The molecule has 20 heavy (non-hydrogen) atoms. The Hall–Kier alpha value is -2.12. The second-order valence-electron chi connectivity index (χ2n) is 3.74. The van der Waals surface area contributed by atoms with Crippen LogP contribution in [0.5, 0.6) is 0 Å². The van der Waals surface area contributed by atoms with Crippen LogP contribution in [0.3, 0.4) is 0 Å². The molecule has 0 unspecified atom stereocenters. The number of thiophene rings is 1. The van der Waals surface area contributed by atoms with Crippen LogP contribution in [0, 0.1) is 5.82 Å². The molecular weight excluding hydrogens is 305 g/mol. The SMILES string of the molecule is N/C(=N/O)c1ccc(NC(=O)c2ccc(Cl)s2)c(F)c1. The zero-order valence-corrected chi connectivity index (χ0v) is 11.5. The Morgan fingerprint density at radius 3 is 2.70 bits per heavy atom. The van der Waals surface area contributed by atoms with Gasteiger partial charge in [-0.2, -0.15) is 0 Å². The van der Waals surface area contributed by atoms with Crippen LogP contribution >= 0.6 is 22.9 Å². The van der Waals surface area contributed by atoms with Crippen LogP contribution in [-0.2, 0) is 0 Å². The van der Waals surface area contributed by atoms with Gasteiger partial charge < -0.3 is 16.3 Å². The van der Waals surface area contributed by atoms with Crippen molar-refractivity contribution in [3.05, 3.63) is 50.9 Å². The number of carbonyl (C=O) groups excluding carboxylic acids is 1. The number of hydrogen-bond donors (Lipinski definition) is 3. The number of carbonyl (C=O) groups is 1. The van der Waals surface area contributed by atoms with E-state index in [1.165, 1.54) is 12.1 Å². The maximum absolute atomic E-state index is 13.8. The predicted molar refractivity (Wildman–Crippen MR) is 76.2 cm³/mol. The Kier molecular flexibility index (Phi) is 4.21. The van der Waals surface area contributed by atoms with Crippen LogP contribution in [0.25, 0.3) is 0 Å². The number of oxime groups is 1. The quantitative estimate of drug-likeness (QED) is 0.352. The van der Waals surface area contributed by atoms with E-state index in [1.807, 2.05) is 0 Å². The van der Waals surface area contributed by atoms with Crippen LogP contribution in [0.15, 0.2) is 35.5 Å². The van der Waals surface area contributed by atoms with Crippen molar-refractivity contribution in [3.8, 4) is 0 Å². The fraction of sp³-hybridized carbons (Fsp3) is 0. The summed E-state index contributed by atoms with van der Waals surface area (Å²) in [5.41, 5.74) is 5.55. The molecule has 2 rings (SSSR count). The maximum atomic E-state index is 13.8. The van der Waals surface area contributed by atoms with Crippen LogP contribution in [0.1, 0.15) is 15.2 Å². The third-order valence-electron chi connectivity index (χ3n) is 2.42. The summed E-state index contributed by atoms with van der Waals surface area (Å²) in [5.74, 6) is -1.37. The van der Waals surface area contributed by atoms with Crippen molar-refractivity contribution >= 4 is 40.4 Å². The summed E-state index contributed by atoms with van der Waals surface area (Å²) in [6.45, 7) is 0. The Labute approximate surface area is 122 Å². The van der Waals surface area contributed by atoms with Gasteiger partial charge in [-0.3, -0.25) is 4.79 Å². The molecule has 5 nitrogen and oxygen atoms in total. The highest BCUT2D eigenvalue weighted by molar-refractivity contribution is 7.18. The third kappa shape index (κ3) is 3.06. The summed E-state index contributed by atoms with van der Waals surface area (Å²) in [7, 11) is 0. The molecule has 104 valence electrons. The number of nitrogens with zero attached hydrogens (tertiary/aromatic N) is 1. The van der Waals surface area contributed by atoms with E-state index in [0.717, 1.165) is 17.4 Å². The summed E-state index contributed by atoms with van der Waals surface area (Å²) in [4.78, 5) is 12.2. The lowest BCUT2D eigenvalue weighted by molar-refractivity contribution is 0.103. The molecule has 0 aliphatic rings. The van der Waals surface area contributed by atoms with E-state index in [-0.39, 0.29) is 17.1 Å². The van der Waals surface area contributed by atoms with Gasteiger partial charge >= 0.3 is 0 Å². The van der Waals surface area contributed by atoms with Gasteiger partial charge in [-0.1, -0.05) is 16.8 Å². The van der Waals surface area contributed by atoms with Crippen molar-refractivity contribution < 1.29 is 14.4 Å². The number of amidine groups is 1. The van der Waals surface area contributed by atoms with Gasteiger partial charge in [0.25, 0.3) is 5.91 Å². The molecule has 0 saturated heterocycles. The van der Waals surface area contributed by atoms with E-state index >= 15 is 0 Å². The number of rotatable bonds is 3. The monoisotopic (exact) mass is 313 g/mol. The average molecular weight is 314 g/mol. The minimum atomic E-state index is -0.690. The molecule has 8 heteroatoms. The molecule has 1 amide bonds. The largest absolute Gasteiger partial charge is 0.409 e. The molecule has 0 bridgehead atoms. The molecule has 0 saturated carbocycles. The van der Waals surface area contributed by atoms with Crippen LogP contribution in [0.2, 0.25) is 4.34 Å². The number of amides is 1. The molecule has 2 aromatic rings. The normalized spacial score (nSPS) is 11.4. The van der Waals surface area contributed by atoms with Crippen molar-refractivity contribution in [1.29, 1.82) is 0 Å². The van der Waals surface area contributed by atoms with Gasteiger partial charge in [-0.25, -0.2) is 4.39 Å². The van der Waals surface area contributed by atoms with Gasteiger partial charge in [0.15, 0.2) is 5.84 Å². The molecular formula is C12H9ClFN3O2S. The van der Waals surface area contributed by atoms with E-state index < -0.39 is 11.7 Å². The van der Waals surface area contributed by atoms with Crippen LogP contribution in [0.4, 0.5) is 10.1 Å². The Morgan fingerprint density at radius 1 is 1.40 bits per heavy atom. The lowest BCUT2D eigenvalue weighted by atomic mass is 10.2. The number of benzene rings is 1. The Balaban J connectivity index is 2.20. The fourth-order valence-electron chi connectivity index (χ4n) is 1.45. The van der Waals surface area contributed by atoms with Crippen LogP contribution < -0.4 is 11.1 Å². The smallest absolute Gasteiger partial charge is 0.265 e. The highest BCUT2D eigenvalue weighted by Gasteiger charge is 2.12. The Morgan fingerprint density at radius 2 is 2.15 bits per heavy atom. The zero-order chi connectivity index (χ0) is 14.7. The average Bonchev–Trinajstić information content (AvgIpc) is 2.86. The van der Waals surface area contributed by atoms with Gasteiger partial charge in [-0.05, 0) is 30.3 Å². The van der Waals surface area contributed by atoms with Crippen molar-refractivity contribution in [2.45, 2.75) is 0 Å². The lowest BCUT2D eigenvalue weighted by Gasteiger charge is -2.06. The number of halogens is 2. The van der Waals surface area contributed by atoms with E-state index in [2.05, 4.69) is 10.5 Å². The summed E-state index contributed by atoms with van der Waals surface area (Å²) in [6.07, 6.45) is 0. The zero-order valence-electron chi connectivity index (χ0n) is 9.93. The van der Waals surface area contributed by atoms with Gasteiger partial charge in [0.2, 0.25) is 0 Å². The highest BCUT2D eigenvalue weighted by Crippen LogP contribution is 2.23. The van der Waals surface area contributed by atoms with E-state index in [4.69, 9.17) is 22.5 Å². The minimum Gasteiger partial charge on any atom is -0.409 e. The first kappa shape index (κ1) is 14.3. The molecule has 0 atom stereocenters. The summed E-state index contributed by atoms with van der Waals surface area (Å²) >= 11 is 6.82. The first-order valence-electron chi connectivity index (χ1n) is 5.35. The maximum Gasteiger partial charge on any atom is 0.265 e. The second kappa shape index (κ2) is 5.89. The standard InChI is InChI=1S/C12H9ClFN3O2S/c13-10-4-3-9(20-10)12(18)16-8-2-1-6(5-7(8)14)11(15)17-19/h1-5,19H,(H2,15,17)(H,16,18). The van der Waals surface area contributed by atoms with Crippen molar-refractivity contribution in [2.75, 3.05) is 5.32 Å². The summed E-state index contributed by atoms with van der Waals surface area (Å²) in [6, 6.07) is 6.95. The number of nitrogens with two attached hydrogens (primary N) is 1. The van der Waals surface area contributed by atoms with Gasteiger partial charge in [0.05, 0.1) is 14.9 Å².